The molecule has 1 saturated heterocycles. The molecule has 1 aliphatic rings. The van der Waals surface area contributed by atoms with Gasteiger partial charge in [0.25, 0.3) is 5.91 Å². The summed E-state index contributed by atoms with van der Waals surface area (Å²) >= 11 is 6.13. The van der Waals surface area contributed by atoms with E-state index >= 15 is 0 Å². The van der Waals surface area contributed by atoms with E-state index in [1.807, 2.05) is 30.0 Å². The van der Waals surface area contributed by atoms with E-state index in [9.17, 15) is 4.79 Å². The molecule has 0 saturated carbocycles. The zero-order valence-electron chi connectivity index (χ0n) is 11.1. The van der Waals surface area contributed by atoms with Crippen molar-refractivity contribution >= 4 is 29.9 Å². The van der Waals surface area contributed by atoms with Gasteiger partial charge in [0.1, 0.15) is 0 Å². The van der Waals surface area contributed by atoms with Gasteiger partial charge in [-0.25, -0.2) is 0 Å². The first-order chi connectivity index (χ1) is 8.61. The third kappa shape index (κ3) is 3.85. The Labute approximate surface area is 125 Å². The first kappa shape index (κ1) is 16.3. The van der Waals surface area contributed by atoms with Gasteiger partial charge in [-0.2, -0.15) is 0 Å². The van der Waals surface area contributed by atoms with E-state index in [4.69, 9.17) is 17.3 Å². The molecule has 19 heavy (non-hydrogen) atoms. The lowest BCUT2D eigenvalue weighted by molar-refractivity contribution is 0.0693. The number of carbonyl (C=O) groups excluding carboxylic acids is 1. The fourth-order valence-corrected chi connectivity index (χ4v) is 2.65. The molecular weight excluding hydrogens is 283 g/mol. The zero-order chi connectivity index (χ0) is 13.1. The Kier molecular flexibility index (Phi) is 6.11. The van der Waals surface area contributed by atoms with Crippen molar-refractivity contribution in [2.75, 3.05) is 19.6 Å². The third-order valence-electron chi connectivity index (χ3n) is 3.59. The monoisotopic (exact) mass is 302 g/mol. The SMILES string of the molecule is Cc1ccc(C(=O)N2CCC(CN)CC2)c(Cl)c1.Cl. The summed E-state index contributed by atoms with van der Waals surface area (Å²) in [5.74, 6) is 0.595. The van der Waals surface area contributed by atoms with Crippen LogP contribution in [0.5, 0.6) is 0 Å². The molecule has 2 rings (SSSR count). The van der Waals surface area contributed by atoms with Crippen LogP contribution in [0.15, 0.2) is 18.2 Å². The van der Waals surface area contributed by atoms with Crippen LogP contribution in [-0.4, -0.2) is 30.4 Å². The highest BCUT2D eigenvalue weighted by Gasteiger charge is 2.23. The summed E-state index contributed by atoms with van der Waals surface area (Å²) in [5.41, 5.74) is 7.33. The molecule has 1 aromatic rings. The second-order valence-electron chi connectivity index (χ2n) is 4.95. The van der Waals surface area contributed by atoms with Crippen molar-refractivity contribution in [1.82, 2.24) is 4.90 Å². The number of rotatable bonds is 2. The molecule has 0 spiro atoms. The number of halogens is 2. The van der Waals surface area contributed by atoms with Crippen LogP contribution in [0.4, 0.5) is 0 Å². The van der Waals surface area contributed by atoms with Gasteiger partial charge in [-0.1, -0.05) is 17.7 Å². The van der Waals surface area contributed by atoms with Crippen LogP contribution in [0.1, 0.15) is 28.8 Å². The first-order valence-corrected chi connectivity index (χ1v) is 6.75. The predicted molar refractivity (Wildman–Crippen MR) is 81.1 cm³/mol. The van der Waals surface area contributed by atoms with Crippen molar-refractivity contribution in [2.45, 2.75) is 19.8 Å². The summed E-state index contributed by atoms with van der Waals surface area (Å²) in [6.45, 7) is 4.25. The number of aryl methyl sites for hydroxylation is 1. The average molecular weight is 303 g/mol. The van der Waals surface area contributed by atoms with Crippen LogP contribution in [-0.2, 0) is 0 Å². The van der Waals surface area contributed by atoms with Gasteiger partial charge in [0.2, 0.25) is 0 Å². The number of carbonyl (C=O) groups is 1. The van der Waals surface area contributed by atoms with Gasteiger partial charge in [0, 0.05) is 13.1 Å². The molecule has 0 radical (unpaired) electrons. The molecule has 0 atom stereocenters. The maximum Gasteiger partial charge on any atom is 0.255 e. The average Bonchev–Trinajstić information content (AvgIpc) is 2.38. The van der Waals surface area contributed by atoms with Crippen molar-refractivity contribution < 1.29 is 4.79 Å². The predicted octanol–water partition coefficient (Wildman–Crippen LogP) is 2.88. The fraction of sp³-hybridized carbons (Fsp3) is 0.500. The molecule has 0 unspecified atom stereocenters. The highest BCUT2D eigenvalue weighted by molar-refractivity contribution is 6.33. The lowest BCUT2D eigenvalue weighted by atomic mass is 9.96. The molecule has 0 bridgehead atoms. The van der Waals surface area contributed by atoms with Crippen LogP contribution in [0.3, 0.4) is 0 Å². The Morgan fingerprint density at radius 2 is 2.05 bits per heavy atom. The number of amides is 1. The topological polar surface area (TPSA) is 46.3 Å². The Hall–Kier alpha value is -0.770. The van der Waals surface area contributed by atoms with Gasteiger partial charge in [-0.3, -0.25) is 4.79 Å². The highest BCUT2D eigenvalue weighted by atomic mass is 35.5. The summed E-state index contributed by atoms with van der Waals surface area (Å²) < 4.78 is 0. The minimum absolute atomic E-state index is 0. The van der Waals surface area contributed by atoms with E-state index in [2.05, 4.69) is 0 Å². The standard InChI is InChI=1S/C14H19ClN2O.ClH/c1-10-2-3-12(13(15)8-10)14(18)17-6-4-11(9-16)5-7-17;/h2-3,8,11H,4-7,9,16H2,1H3;1H. The molecule has 3 nitrogen and oxygen atoms in total. The van der Waals surface area contributed by atoms with E-state index in [0.717, 1.165) is 31.5 Å². The number of piperidine rings is 1. The van der Waals surface area contributed by atoms with Gasteiger partial charge in [0.15, 0.2) is 0 Å². The van der Waals surface area contributed by atoms with E-state index in [1.54, 1.807) is 0 Å². The van der Waals surface area contributed by atoms with Gasteiger partial charge < -0.3 is 10.6 Å². The van der Waals surface area contributed by atoms with E-state index in [1.165, 1.54) is 0 Å². The smallest absolute Gasteiger partial charge is 0.255 e. The van der Waals surface area contributed by atoms with E-state index in [-0.39, 0.29) is 18.3 Å². The lowest BCUT2D eigenvalue weighted by Gasteiger charge is -2.31. The molecule has 1 amide bonds. The molecule has 2 N–H and O–H groups in total. The van der Waals surface area contributed by atoms with Crippen LogP contribution < -0.4 is 5.73 Å². The summed E-state index contributed by atoms with van der Waals surface area (Å²) in [7, 11) is 0. The van der Waals surface area contributed by atoms with Crippen molar-refractivity contribution in [3.63, 3.8) is 0 Å². The van der Waals surface area contributed by atoms with Crippen LogP contribution in [0.25, 0.3) is 0 Å². The summed E-state index contributed by atoms with van der Waals surface area (Å²) in [6.07, 6.45) is 1.98. The Balaban J connectivity index is 0.00000180. The van der Waals surface area contributed by atoms with Crippen LogP contribution in [0, 0.1) is 12.8 Å². The molecule has 5 heteroatoms. The molecular formula is C14H20Cl2N2O. The molecule has 1 heterocycles. The van der Waals surface area contributed by atoms with Crippen molar-refractivity contribution in [2.24, 2.45) is 11.7 Å². The second kappa shape index (κ2) is 7.13. The molecule has 1 aromatic carbocycles. The van der Waals surface area contributed by atoms with E-state index in [0.29, 0.717) is 23.0 Å². The Morgan fingerprint density at radius 1 is 1.42 bits per heavy atom. The van der Waals surface area contributed by atoms with Crippen LogP contribution in [0.2, 0.25) is 5.02 Å². The normalized spacial score (nSPS) is 16.1. The number of hydrogen-bond donors (Lipinski definition) is 1. The maximum absolute atomic E-state index is 12.3. The number of hydrogen-bond acceptors (Lipinski definition) is 2. The summed E-state index contributed by atoms with van der Waals surface area (Å²) in [5, 5.41) is 0.543. The second-order valence-corrected chi connectivity index (χ2v) is 5.36. The fourth-order valence-electron chi connectivity index (χ4n) is 2.34. The minimum atomic E-state index is 0. The van der Waals surface area contributed by atoms with Gasteiger partial charge in [0.05, 0.1) is 10.6 Å². The molecule has 106 valence electrons. The minimum Gasteiger partial charge on any atom is -0.339 e. The number of nitrogens with two attached hydrogens (primary N) is 1. The first-order valence-electron chi connectivity index (χ1n) is 6.37. The maximum atomic E-state index is 12.3. The van der Waals surface area contributed by atoms with Crippen molar-refractivity contribution in [3.8, 4) is 0 Å². The van der Waals surface area contributed by atoms with Crippen molar-refractivity contribution in [3.05, 3.63) is 34.3 Å². The quantitative estimate of drug-likeness (QED) is 0.913. The highest BCUT2D eigenvalue weighted by Crippen LogP contribution is 2.22. The Bertz CT molecular complexity index is 443. The largest absolute Gasteiger partial charge is 0.339 e. The molecule has 1 aliphatic heterocycles. The Morgan fingerprint density at radius 3 is 2.58 bits per heavy atom. The number of likely N-dealkylation sites (tertiary alicyclic amines) is 1. The van der Waals surface area contributed by atoms with E-state index < -0.39 is 0 Å². The third-order valence-corrected chi connectivity index (χ3v) is 3.90. The summed E-state index contributed by atoms with van der Waals surface area (Å²) in [6, 6.07) is 5.57. The molecule has 0 aliphatic carbocycles. The molecule has 0 aromatic heterocycles. The lowest BCUT2D eigenvalue weighted by Crippen LogP contribution is -2.40. The van der Waals surface area contributed by atoms with Crippen LogP contribution >= 0.6 is 24.0 Å². The van der Waals surface area contributed by atoms with Gasteiger partial charge in [-0.15, -0.1) is 12.4 Å². The van der Waals surface area contributed by atoms with Crippen molar-refractivity contribution in [1.29, 1.82) is 0 Å². The molecule has 1 fully saturated rings. The van der Waals surface area contributed by atoms with Gasteiger partial charge >= 0.3 is 0 Å². The zero-order valence-corrected chi connectivity index (χ0v) is 12.6. The number of benzene rings is 1. The van der Waals surface area contributed by atoms with Gasteiger partial charge in [-0.05, 0) is 49.9 Å². The summed E-state index contributed by atoms with van der Waals surface area (Å²) in [4.78, 5) is 14.2. The number of nitrogens with zero attached hydrogens (tertiary/aromatic N) is 1.